The number of halogens is 2. The summed E-state index contributed by atoms with van der Waals surface area (Å²) in [4.78, 5) is 25.3. The molecule has 1 unspecified atom stereocenters. The Kier molecular flexibility index (Phi) is 9.15. The van der Waals surface area contributed by atoms with E-state index in [1.54, 1.807) is 54.6 Å². The lowest BCUT2D eigenvalue weighted by atomic mass is 10.0. The molecule has 1 atom stereocenters. The highest BCUT2D eigenvalue weighted by atomic mass is 35.5. The van der Waals surface area contributed by atoms with Crippen molar-refractivity contribution in [1.82, 2.24) is 20.1 Å². The number of hydrogen-bond acceptors (Lipinski definition) is 5. The lowest BCUT2D eigenvalue weighted by Gasteiger charge is -2.23. The van der Waals surface area contributed by atoms with Crippen LogP contribution in [-0.2, 0) is 11.3 Å². The molecule has 0 radical (unpaired) electrons. The average molecular weight is 518 g/mol. The van der Waals surface area contributed by atoms with E-state index in [0.29, 0.717) is 38.8 Å². The van der Waals surface area contributed by atoms with Gasteiger partial charge in [-0.2, -0.15) is 0 Å². The minimum Gasteiger partial charge on any atom is -0.342 e. The summed E-state index contributed by atoms with van der Waals surface area (Å²) in [6, 6.07) is 13.3. The highest BCUT2D eigenvalue weighted by molar-refractivity contribution is 7.99. The van der Waals surface area contributed by atoms with Crippen LogP contribution in [0, 0.1) is 5.92 Å². The normalized spacial score (nSPS) is 11.8. The van der Waals surface area contributed by atoms with Gasteiger partial charge >= 0.3 is 0 Å². The van der Waals surface area contributed by atoms with Gasteiger partial charge in [0.1, 0.15) is 0 Å². The molecule has 2 amide bonds. The summed E-state index contributed by atoms with van der Waals surface area (Å²) in [6.07, 6.45) is 1.72. The van der Waals surface area contributed by atoms with Gasteiger partial charge in [0.05, 0.1) is 22.4 Å². The Morgan fingerprint density at radius 3 is 2.47 bits per heavy atom. The zero-order valence-electron chi connectivity index (χ0n) is 18.8. The van der Waals surface area contributed by atoms with Crippen molar-refractivity contribution in [3.8, 4) is 0 Å². The van der Waals surface area contributed by atoms with Crippen molar-refractivity contribution in [2.45, 2.75) is 31.6 Å². The van der Waals surface area contributed by atoms with E-state index in [9.17, 15) is 9.59 Å². The smallest absolute Gasteiger partial charge is 0.253 e. The number of benzene rings is 2. The van der Waals surface area contributed by atoms with E-state index in [4.69, 9.17) is 23.2 Å². The lowest BCUT2D eigenvalue weighted by Crippen LogP contribution is -2.34. The lowest BCUT2D eigenvalue weighted by molar-refractivity contribution is -0.113. The van der Waals surface area contributed by atoms with E-state index in [-0.39, 0.29) is 23.5 Å². The van der Waals surface area contributed by atoms with E-state index >= 15 is 0 Å². The molecule has 2 N–H and O–H groups in total. The summed E-state index contributed by atoms with van der Waals surface area (Å²) in [7, 11) is 0. The number of thioether (sulfide) groups is 1. The first-order valence-corrected chi connectivity index (χ1v) is 12.3. The molecule has 7 nitrogen and oxygen atoms in total. The van der Waals surface area contributed by atoms with Crippen LogP contribution in [0.3, 0.4) is 0 Å². The fourth-order valence-electron chi connectivity index (χ4n) is 3.19. The number of allylic oxidation sites excluding steroid dienone is 1. The monoisotopic (exact) mass is 517 g/mol. The minimum absolute atomic E-state index is 0.0188. The van der Waals surface area contributed by atoms with Gasteiger partial charge in [-0.15, -0.1) is 16.8 Å². The fourth-order valence-corrected chi connectivity index (χ4v) is 4.29. The van der Waals surface area contributed by atoms with Crippen molar-refractivity contribution in [3.05, 3.63) is 82.6 Å². The Bertz CT molecular complexity index is 1160. The van der Waals surface area contributed by atoms with Gasteiger partial charge in [0.2, 0.25) is 5.91 Å². The maximum Gasteiger partial charge on any atom is 0.253 e. The maximum absolute atomic E-state index is 12.9. The van der Waals surface area contributed by atoms with E-state index < -0.39 is 6.04 Å². The molecule has 0 saturated carbocycles. The third kappa shape index (κ3) is 6.62. The molecular weight excluding hydrogens is 493 g/mol. The second-order valence-corrected chi connectivity index (χ2v) is 9.54. The van der Waals surface area contributed by atoms with Crippen molar-refractivity contribution >= 4 is 52.5 Å². The van der Waals surface area contributed by atoms with Crippen LogP contribution in [-0.4, -0.2) is 32.3 Å². The van der Waals surface area contributed by atoms with Gasteiger partial charge in [-0.1, -0.05) is 67.0 Å². The Morgan fingerprint density at radius 2 is 1.82 bits per heavy atom. The third-order valence-electron chi connectivity index (χ3n) is 4.87. The van der Waals surface area contributed by atoms with E-state index in [1.807, 2.05) is 18.4 Å². The first kappa shape index (κ1) is 25.8. The highest BCUT2D eigenvalue weighted by Crippen LogP contribution is 2.26. The van der Waals surface area contributed by atoms with Gasteiger partial charge in [0.15, 0.2) is 11.0 Å². The van der Waals surface area contributed by atoms with E-state index in [0.717, 1.165) is 0 Å². The van der Waals surface area contributed by atoms with Gasteiger partial charge in [-0.25, -0.2) is 0 Å². The number of amides is 2. The van der Waals surface area contributed by atoms with Crippen LogP contribution in [0.1, 0.15) is 36.1 Å². The van der Waals surface area contributed by atoms with Crippen LogP contribution in [0.4, 0.5) is 5.69 Å². The summed E-state index contributed by atoms with van der Waals surface area (Å²) >= 11 is 13.3. The number of nitrogens with one attached hydrogen (secondary N) is 2. The summed E-state index contributed by atoms with van der Waals surface area (Å²) in [5.74, 6) is 0.251. The van der Waals surface area contributed by atoms with Crippen LogP contribution < -0.4 is 10.6 Å². The Hall–Kier alpha value is -2.81. The highest BCUT2D eigenvalue weighted by Gasteiger charge is 2.27. The van der Waals surface area contributed by atoms with Gasteiger partial charge < -0.3 is 15.2 Å². The van der Waals surface area contributed by atoms with Crippen LogP contribution >= 0.6 is 35.0 Å². The van der Waals surface area contributed by atoms with Crippen molar-refractivity contribution in [3.63, 3.8) is 0 Å². The first-order chi connectivity index (χ1) is 16.3. The molecule has 1 heterocycles. The van der Waals surface area contributed by atoms with Gasteiger partial charge in [0.25, 0.3) is 5.91 Å². The van der Waals surface area contributed by atoms with Gasteiger partial charge in [-0.05, 0) is 42.3 Å². The molecule has 178 valence electrons. The average Bonchev–Trinajstić information content (AvgIpc) is 3.20. The van der Waals surface area contributed by atoms with E-state index in [1.165, 1.54) is 11.8 Å². The molecule has 34 heavy (non-hydrogen) atoms. The van der Waals surface area contributed by atoms with E-state index in [2.05, 4.69) is 27.4 Å². The molecule has 0 aliphatic carbocycles. The summed E-state index contributed by atoms with van der Waals surface area (Å²) in [6.45, 7) is 8.21. The first-order valence-electron chi connectivity index (χ1n) is 10.6. The third-order valence-corrected chi connectivity index (χ3v) is 6.42. The predicted octanol–water partition coefficient (Wildman–Crippen LogP) is 5.63. The van der Waals surface area contributed by atoms with Crippen molar-refractivity contribution in [2.75, 3.05) is 11.1 Å². The van der Waals surface area contributed by atoms with Crippen LogP contribution in [0.15, 0.2) is 66.3 Å². The number of anilines is 1. The topological polar surface area (TPSA) is 88.9 Å². The quantitative estimate of drug-likeness (QED) is 0.268. The van der Waals surface area contributed by atoms with Crippen molar-refractivity contribution in [2.24, 2.45) is 5.92 Å². The SMILES string of the molecule is C=CCn1c(SCC(=O)Nc2ccc(Cl)cc2)nnc1C(NC(=O)c1ccccc1Cl)C(C)C. The maximum atomic E-state index is 12.9. The molecule has 3 rings (SSSR count). The Labute approximate surface area is 212 Å². The Morgan fingerprint density at radius 1 is 1.12 bits per heavy atom. The van der Waals surface area contributed by atoms with Gasteiger partial charge in [0, 0.05) is 17.3 Å². The molecule has 2 aromatic carbocycles. The predicted molar refractivity (Wildman–Crippen MR) is 138 cm³/mol. The van der Waals surface area contributed by atoms with Crippen LogP contribution in [0.25, 0.3) is 0 Å². The second kappa shape index (κ2) is 12.1. The minimum atomic E-state index is -0.423. The molecule has 0 spiro atoms. The van der Waals surface area contributed by atoms with Crippen LogP contribution in [0.5, 0.6) is 0 Å². The molecule has 0 aliphatic heterocycles. The zero-order valence-corrected chi connectivity index (χ0v) is 21.1. The standard InChI is InChI=1S/C24H25Cl2N5O2S/c1-4-13-31-22(21(15(2)3)28-23(33)18-7-5-6-8-19(18)26)29-30-24(31)34-14-20(32)27-17-11-9-16(25)10-12-17/h4-12,15,21H,1,13-14H2,2-3H3,(H,27,32)(H,28,33). The summed E-state index contributed by atoms with van der Waals surface area (Å²) in [5.41, 5.74) is 1.04. The number of nitrogens with zero attached hydrogens (tertiary/aromatic N) is 3. The zero-order chi connectivity index (χ0) is 24.7. The molecular formula is C24H25Cl2N5O2S. The Balaban J connectivity index is 1.75. The summed E-state index contributed by atoms with van der Waals surface area (Å²) in [5, 5.41) is 16.0. The number of rotatable bonds is 10. The molecule has 0 bridgehead atoms. The van der Waals surface area contributed by atoms with Crippen LogP contribution in [0.2, 0.25) is 10.0 Å². The molecule has 0 aliphatic rings. The summed E-state index contributed by atoms with van der Waals surface area (Å²) < 4.78 is 1.85. The number of carbonyl (C=O) groups is 2. The van der Waals surface area contributed by atoms with Crippen molar-refractivity contribution < 1.29 is 9.59 Å². The molecule has 10 heteroatoms. The second-order valence-electron chi connectivity index (χ2n) is 7.76. The molecule has 0 saturated heterocycles. The molecule has 1 aromatic heterocycles. The van der Waals surface area contributed by atoms with Crippen molar-refractivity contribution in [1.29, 1.82) is 0 Å². The largest absolute Gasteiger partial charge is 0.342 e. The molecule has 3 aromatic rings. The number of aromatic nitrogens is 3. The van der Waals surface area contributed by atoms with Gasteiger partial charge in [-0.3, -0.25) is 9.59 Å². The number of hydrogen-bond donors (Lipinski definition) is 2. The fraction of sp³-hybridized carbons (Fsp3) is 0.250. The molecule has 0 fully saturated rings. The number of carbonyl (C=O) groups excluding carboxylic acids is 2.